The summed E-state index contributed by atoms with van der Waals surface area (Å²) in [4.78, 5) is 22.8. The van der Waals surface area contributed by atoms with Crippen molar-refractivity contribution in [2.75, 3.05) is 10.6 Å². The second kappa shape index (κ2) is 6.76. The van der Waals surface area contributed by atoms with Crippen LogP contribution in [-0.2, 0) is 4.79 Å². The fourth-order valence-corrected chi connectivity index (χ4v) is 1.83. The highest BCUT2D eigenvalue weighted by Crippen LogP contribution is 2.21. The smallest absolute Gasteiger partial charge is 0.323 e. The highest BCUT2D eigenvalue weighted by atomic mass is 35.5. The molecule has 2 aromatic rings. The lowest BCUT2D eigenvalue weighted by atomic mass is 10.3. The van der Waals surface area contributed by atoms with Gasteiger partial charge < -0.3 is 15.4 Å². The number of halogens is 1. The summed E-state index contributed by atoms with van der Waals surface area (Å²) < 4.78 is 4.94. The first-order chi connectivity index (χ1) is 10.0. The number of anilines is 2. The van der Waals surface area contributed by atoms with Crippen molar-refractivity contribution in [2.24, 2.45) is 0 Å². The van der Waals surface area contributed by atoms with Crippen LogP contribution in [0.15, 0.2) is 48.5 Å². The third kappa shape index (κ3) is 4.50. The SMILES string of the molecule is CC(=O)Oc1cccc(NC(=O)Nc2ccccc2Cl)c1. The van der Waals surface area contributed by atoms with Crippen molar-refractivity contribution in [2.45, 2.75) is 6.92 Å². The van der Waals surface area contributed by atoms with Crippen molar-refractivity contribution in [3.8, 4) is 5.75 Å². The lowest BCUT2D eigenvalue weighted by Crippen LogP contribution is -2.19. The number of hydrogen-bond acceptors (Lipinski definition) is 3. The van der Waals surface area contributed by atoms with E-state index in [4.69, 9.17) is 16.3 Å². The van der Waals surface area contributed by atoms with Crippen LogP contribution < -0.4 is 15.4 Å². The lowest BCUT2D eigenvalue weighted by molar-refractivity contribution is -0.131. The van der Waals surface area contributed by atoms with E-state index in [1.807, 2.05) is 0 Å². The summed E-state index contributed by atoms with van der Waals surface area (Å²) in [5, 5.41) is 5.71. The Morgan fingerprint density at radius 3 is 2.52 bits per heavy atom. The minimum atomic E-state index is -0.442. The van der Waals surface area contributed by atoms with Crippen molar-refractivity contribution in [3.63, 3.8) is 0 Å². The summed E-state index contributed by atoms with van der Waals surface area (Å²) in [7, 11) is 0. The van der Waals surface area contributed by atoms with E-state index in [9.17, 15) is 9.59 Å². The second-order valence-corrected chi connectivity index (χ2v) is 4.59. The Bertz CT molecular complexity index is 673. The molecule has 0 saturated heterocycles. The fraction of sp³-hybridized carbons (Fsp3) is 0.0667. The van der Waals surface area contributed by atoms with Gasteiger partial charge >= 0.3 is 12.0 Å². The van der Waals surface area contributed by atoms with Gasteiger partial charge in [-0.25, -0.2) is 4.79 Å². The first-order valence-electron chi connectivity index (χ1n) is 6.15. The Morgan fingerprint density at radius 1 is 1.05 bits per heavy atom. The molecule has 0 unspecified atom stereocenters. The summed E-state index contributed by atoms with van der Waals surface area (Å²) in [5.74, 6) is -0.0642. The van der Waals surface area contributed by atoms with E-state index < -0.39 is 12.0 Å². The maximum atomic E-state index is 11.9. The van der Waals surface area contributed by atoms with Gasteiger partial charge in [0.1, 0.15) is 5.75 Å². The van der Waals surface area contributed by atoms with E-state index in [0.29, 0.717) is 22.1 Å². The Kier molecular flexibility index (Phi) is 4.79. The van der Waals surface area contributed by atoms with Gasteiger partial charge in [-0.1, -0.05) is 29.8 Å². The number of amides is 2. The molecule has 6 heteroatoms. The molecule has 5 nitrogen and oxygen atoms in total. The van der Waals surface area contributed by atoms with Gasteiger partial charge in [0.15, 0.2) is 0 Å². The maximum Gasteiger partial charge on any atom is 0.323 e. The van der Waals surface area contributed by atoms with Crippen LogP contribution in [0.2, 0.25) is 5.02 Å². The van der Waals surface area contributed by atoms with Crippen LogP contribution in [-0.4, -0.2) is 12.0 Å². The third-order valence-electron chi connectivity index (χ3n) is 2.48. The molecule has 0 radical (unpaired) electrons. The van der Waals surface area contributed by atoms with Gasteiger partial charge in [-0.2, -0.15) is 0 Å². The molecule has 0 aliphatic heterocycles. The van der Waals surface area contributed by atoms with E-state index in [0.717, 1.165) is 0 Å². The van der Waals surface area contributed by atoms with Gasteiger partial charge in [-0.3, -0.25) is 4.79 Å². The number of para-hydroxylation sites is 1. The quantitative estimate of drug-likeness (QED) is 0.667. The van der Waals surface area contributed by atoms with Gasteiger partial charge in [-0.15, -0.1) is 0 Å². The highest BCUT2D eigenvalue weighted by Gasteiger charge is 2.06. The molecule has 2 amide bonds. The van der Waals surface area contributed by atoms with Crippen LogP contribution in [0.25, 0.3) is 0 Å². The summed E-state index contributed by atoms with van der Waals surface area (Å²) in [6.45, 7) is 1.31. The zero-order valence-electron chi connectivity index (χ0n) is 11.2. The van der Waals surface area contributed by atoms with E-state index in [2.05, 4.69) is 10.6 Å². The molecule has 21 heavy (non-hydrogen) atoms. The second-order valence-electron chi connectivity index (χ2n) is 4.18. The van der Waals surface area contributed by atoms with Gasteiger partial charge in [0.05, 0.1) is 10.7 Å². The number of rotatable bonds is 3. The third-order valence-corrected chi connectivity index (χ3v) is 2.81. The molecular formula is C15H13ClN2O3. The van der Waals surface area contributed by atoms with Crippen molar-refractivity contribution in [3.05, 3.63) is 53.6 Å². The topological polar surface area (TPSA) is 67.4 Å². The van der Waals surface area contributed by atoms with Crippen LogP contribution in [0.4, 0.5) is 16.2 Å². The molecule has 0 fully saturated rings. The van der Waals surface area contributed by atoms with E-state index in [1.54, 1.807) is 48.5 Å². The zero-order chi connectivity index (χ0) is 15.2. The number of ether oxygens (including phenoxy) is 1. The van der Waals surface area contributed by atoms with Crippen molar-refractivity contribution in [1.82, 2.24) is 0 Å². The van der Waals surface area contributed by atoms with Crippen molar-refractivity contribution in [1.29, 1.82) is 0 Å². The van der Waals surface area contributed by atoms with E-state index in [1.165, 1.54) is 6.92 Å². The molecule has 0 heterocycles. The minimum absolute atomic E-state index is 0.359. The monoisotopic (exact) mass is 304 g/mol. The summed E-state index contributed by atoms with van der Waals surface area (Å²) in [5.41, 5.74) is 1.01. The van der Waals surface area contributed by atoms with Crippen LogP contribution in [0, 0.1) is 0 Å². The normalized spacial score (nSPS) is 9.81. The standard InChI is InChI=1S/C15H13ClN2O3/c1-10(19)21-12-6-4-5-11(9-12)17-15(20)18-14-8-3-2-7-13(14)16/h2-9H,1H3,(H2,17,18,20). The Hall–Kier alpha value is -2.53. The molecule has 0 aromatic heterocycles. The predicted octanol–water partition coefficient (Wildman–Crippen LogP) is 3.91. The number of carbonyl (C=O) groups excluding carboxylic acids is 2. The van der Waals surface area contributed by atoms with E-state index >= 15 is 0 Å². The fourth-order valence-electron chi connectivity index (χ4n) is 1.65. The number of nitrogens with one attached hydrogen (secondary N) is 2. The number of benzene rings is 2. The van der Waals surface area contributed by atoms with Crippen LogP contribution >= 0.6 is 11.6 Å². The Balaban J connectivity index is 2.03. The number of carbonyl (C=O) groups is 2. The molecule has 0 aliphatic rings. The zero-order valence-corrected chi connectivity index (χ0v) is 12.0. The predicted molar refractivity (Wildman–Crippen MR) is 81.8 cm³/mol. The van der Waals surface area contributed by atoms with E-state index in [-0.39, 0.29) is 0 Å². The molecule has 2 N–H and O–H groups in total. The van der Waals surface area contributed by atoms with Crippen LogP contribution in [0.5, 0.6) is 5.75 Å². The molecule has 0 spiro atoms. The Morgan fingerprint density at radius 2 is 1.81 bits per heavy atom. The largest absolute Gasteiger partial charge is 0.427 e. The van der Waals surface area contributed by atoms with Crippen LogP contribution in [0.1, 0.15) is 6.92 Å². The average Bonchev–Trinajstić information content (AvgIpc) is 2.41. The molecule has 0 bridgehead atoms. The number of esters is 1. The maximum absolute atomic E-state index is 11.9. The minimum Gasteiger partial charge on any atom is -0.427 e. The molecule has 0 aliphatic carbocycles. The van der Waals surface area contributed by atoms with Gasteiger partial charge in [-0.05, 0) is 24.3 Å². The number of hydrogen-bond donors (Lipinski definition) is 2. The Labute approximate surface area is 126 Å². The van der Waals surface area contributed by atoms with Crippen molar-refractivity contribution < 1.29 is 14.3 Å². The molecule has 2 rings (SSSR count). The molecule has 108 valence electrons. The first kappa shape index (κ1) is 14.9. The molecule has 0 saturated carbocycles. The van der Waals surface area contributed by atoms with Gasteiger partial charge in [0, 0.05) is 18.7 Å². The average molecular weight is 305 g/mol. The molecule has 2 aromatic carbocycles. The number of urea groups is 1. The lowest BCUT2D eigenvalue weighted by Gasteiger charge is -2.09. The van der Waals surface area contributed by atoms with Crippen molar-refractivity contribution >= 4 is 35.0 Å². The van der Waals surface area contributed by atoms with Gasteiger partial charge in [0.25, 0.3) is 0 Å². The molecular weight excluding hydrogens is 292 g/mol. The summed E-state index contributed by atoms with van der Waals surface area (Å²) in [6.07, 6.45) is 0. The first-order valence-corrected chi connectivity index (χ1v) is 6.53. The summed E-state index contributed by atoms with van der Waals surface area (Å²) >= 11 is 5.95. The highest BCUT2D eigenvalue weighted by molar-refractivity contribution is 6.33. The molecule has 0 atom stereocenters. The summed E-state index contributed by atoms with van der Waals surface area (Å²) in [6, 6.07) is 13.0. The van der Waals surface area contributed by atoms with Gasteiger partial charge in [0.2, 0.25) is 0 Å². The van der Waals surface area contributed by atoms with Crippen LogP contribution in [0.3, 0.4) is 0 Å².